The minimum Gasteiger partial charge on any atom is -0.348 e. The van der Waals surface area contributed by atoms with E-state index in [0.29, 0.717) is 12.5 Å². The van der Waals surface area contributed by atoms with Crippen molar-refractivity contribution in [3.63, 3.8) is 0 Å². The second-order valence-corrected chi connectivity index (χ2v) is 7.62. The molecule has 2 heterocycles. The highest BCUT2D eigenvalue weighted by atomic mass is 32.1. The van der Waals surface area contributed by atoms with Crippen molar-refractivity contribution in [1.82, 2.24) is 10.2 Å². The number of halogens is 2. The molecule has 0 radical (unpaired) electrons. The van der Waals surface area contributed by atoms with Crippen LogP contribution in [0, 0.1) is 17.6 Å². The summed E-state index contributed by atoms with van der Waals surface area (Å²) in [6, 6.07) is 7.11. The van der Waals surface area contributed by atoms with Crippen LogP contribution in [0.2, 0.25) is 0 Å². The second kappa shape index (κ2) is 9.05. The fourth-order valence-corrected chi connectivity index (χ4v) is 3.80. The maximum absolute atomic E-state index is 13.1. The van der Waals surface area contributed by atoms with Gasteiger partial charge in [-0.15, -0.1) is 11.3 Å². The first-order valence-corrected chi connectivity index (χ1v) is 9.68. The van der Waals surface area contributed by atoms with Crippen molar-refractivity contribution >= 4 is 28.8 Å². The van der Waals surface area contributed by atoms with E-state index in [1.54, 1.807) is 11.3 Å². The lowest BCUT2D eigenvalue weighted by molar-refractivity contribution is -0.136. The van der Waals surface area contributed by atoms with E-state index in [4.69, 9.17) is 0 Å². The normalized spacial score (nSPS) is 15.5. The summed E-state index contributed by atoms with van der Waals surface area (Å²) in [6.07, 6.45) is 1.91. The molecule has 1 aliphatic heterocycles. The lowest BCUT2D eigenvalue weighted by atomic mass is 9.97. The minimum atomic E-state index is -1.08. The predicted octanol–water partition coefficient (Wildman–Crippen LogP) is 2.99. The van der Waals surface area contributed by atoms with Crippen LogP contribution in [0.15, 0.2) is 35.7 Å². The van der Waals surface area contributed by atoms with Gasteiger partial charge >= 0.3 is 11.8 Å². The summed E-state index contributed by atoms with van der Waals surface area (Å²) in [6.45, 7) is 3.29. The van der Waals surface area contributed by atoms with E-state index in [9.17, 15) is 18.4 Å². The Morgan fingerprint density at radius 1 is 1.11 bits per heavy atom. The van der Waals surface area contributed by atoms with Gasteiger partial charge in [0.15, 0.2) is 11.6 Å². The molecule has 1 aromatic carbocycles. The van der Waals surface area contributed by atoms with Gasteiger partial charge < -0.3 is 10.6 Å². The number of hydrogen-bond acceptors (Lipinski definition) is 4. The molecular weight excluding hydrogens is 372 g/mol. The number of amides is 2. The molecule has 0 aliphatic carbocycles. The molecule has 2 aromatic rings. The third-order valence-electron chi connectivity index (χ3n) is 4.60. The Morgan fingerprint density at radius 3 is 2.56 bits per heavy atom. The molecule has 1 aliphatic rings. The van der Waals surface area contributed by atoms with E-state index in [1.807, 2.05) is 6.07 Å². The predicted molar refractivity (Wildman–Crippen MR) is 100 cm³/mol. The average Bonchev–Trinajstić information content (AvgIpc) is 3.17. The molecule has 8 heteroatoms. The molecule has 0 saturated carbocycles. The van der Waals surface area contributed by atoms with E-state index in [2.05, 4.69) is 27.0 Å². The second-order valence-electron chi connectivity index (χ2n) is 6.59. The molecule has 1 saturated heterocycles. The third-order valence-corrected chi connectivity index (χ3v) is 5.46. The van der Waals surface area contributed by atoms with Crippen LogP contribution in [0.1, 0.15) is 17.7 Å². The molecule has 3 rings (SSSR count). The maximum Gasteiger partial charge on any atom is 0.313 e. The lowest BCUT2D eigenvalue weighted by Crippen LogP contribution is -2.41. The number of carbonyl (C=O) groups excluding carboxylic acids is 2. The Bertz CT molecular complexity index is 790. The Morgan fingerprint density at radius 2 is 1.89 bits per heavy atom. The molecule has 0 bridgehead atoms. The fraction of sp³-hybridized carbons (Fsp3) is 0.368. The maximum atomic E-state index is 13.1. The zero-order valence-electron chi connectivity index (χ0n) is 14.7. The standard InChI is InChI=1S/C19H21F2N3O2S/c20-16-4-3-14(10-17(16)21)23-19(26)18(25)22-11-13-5-7-24(8-6-13)12-15-2-1-9-27-15/h1-4,9-10,13H,5-8,11-12H2,(H,22,25)(H,23,26). The van der Waals surface area contributed by atoms with Gasteiger partial charge in [0.05, 0.1) is 0 Å². The number of nitrogens with zero attached hydrogens (tertiary/aromatic N) is 1. The summed E-state index contributed by atoms with van der Waals surface area (Å²) < 4.78 is 26.0. The number of thiophene rings is 1. The summed E-state index contributed by atoms with van der Waals surface area (Å²) in [7, 11) is 0. The molecule has 0 unspecified atom stereocenters. The fourth-order valence-electron chi connectivity index (χ4n) is 3.05. The number of carbonyl (C=O) groups is 2. The summed E-state index contributed by atoms with van der Waals surface area (Å²) in [4.78, 5) is 27.5. The van der Waals surface area contributed by atoms with E-state index in [1.165, 1.54) is 10.9 Å². The quantitative estimate of drug-likeness (QED) is 0.768. The molecule has 5 nitrogen and oxygen atoms in total. The highest BCUT2D eigenvalue weighted by molar-refractivity contribution is 7.09. The van der Waals surface area contributed by atoms with Gasteiger partial charge in [0.1, 0.15) is 0 Å². The Labute approximate surface area is 160 Å². The van der Waals surface area contributed by atoms with Gasteiger partial charge in [-0.25, -0.2) is 8.78 Å². The first-order valence-electron chi connectivity index (χ1n) is 8.80. The zero-order valence-corrected chi connectivity index (χ0v) is 15.5. The highest BCUT2D eigenvalue weighted by Gasteiger charge is 2.21. The van der Waals surface area contributed by atoms with Gasteiger partial charge in [0.2, 0.25) is 0 Å². The first kappa shape index (κ1) is 19.4. The van der Waals surface area contributed by atoms with E-state index < -0.39 is 23.4 Å². The number of hydrogen-bond donors (Lipinski definition) is 2. The Balaban J connectivity index is 1.38. The number of anilines is 1. The first-order chi connectivity index (χ1) is 13.0. The Hall–Kier alpha value is -2.32. The molecule has 2 amide bonds. The zero-order chi connectivity index (χ0) is 19.2. The van der Waals surface area contributed by atoms with E-state index in [-0.39, 0.29) is 5.69 Å². The number of likely N-dealkylation sites (tertiary alicyclic amines) is 1. The Kier molecular flexibility index (Phi) is 6.52. The average molecular weight is 393 g/mol. The van der Waals surface area contributed by atoms with Crippen LogP contribution in [0.4, 0.5) is 14.5 Å². The van der Waals surface area contributed by atoms with Gasteiger partial charge in [0.25, 0.3) is 0 Å². The van der Waals surface area contributed by atoms with E-state index in [0.717, 1.165) is 44.6 Å². The van der Waals surface area contributed by atoms with Crippen molar-refractivity contribution in [2.45, 2.75) is 19.4 Å². The molecule has 1 aromatic heterocycles. The highest BCUT2D eigenvalue weighted by Crippen LogP contribution is 2.20. The van der Waals surface area contributed by atoms with Crippen LogP contribution in [0.25, 0.3) is 0 Å². The van der Waals surface area contributed by atoms with Crippen LogP contribution in [0.3, 0.4) is 0 Å². The smallest absolute Gasteiger partial charge is 0.313 e. The molecule has 0 spiro atoms. The van der Waals surface area contributed by atoms with Crippen molar-refractivity contribution in [3.8, 4) is 0 Å². The molecule has 0 atom stereocenters. The van der Waals surface area contributed by atoms with Crippen LogP contribution in [-0.2, 0) is 16.1 Å². The topological polar surface area (TPSA) is 61.4 Å². The largest absolute Gasteiger partial charge is 0.348 e. The number of benzene rings is 1. The lowest BCUT2D eigenvalue weighted by Gasteiger charge is -2.31. The summed E-state index contributed by atoms with van der Waals surface area (Å²) in [5, 5.41) is 6.96. The third kappa shape index (κ3) is 5.58. The number of rotatable bonds is 5. The van der Waals surface area contributed by atoms with Gasteiger partial charge in [-0.05, 0) is 55.4 Å². The monoisotopic (exact) mass is 393 g/mol. The van der Waals surface area contributed by atoms with Crippen molar-refractivity contribution in [2.75, 3.05) is 25.0 Å². The summed E-state index contributed by atoms with van der Waals surface area (Å²) in [5.41, 5.74) is 0.0379. The number of nitrogens with one attached hydrogen (secondary N) is 2. The van der Waals surface area contributed by atoms with Gasteiger partial charge in [-0.2, -0.15) is 0 Å². The van der Waals surface area contributed by atoms with Gasteiger partial charge in [0, 0.05) is 29.7 Å². The molecule has 2 N–H and O–H groups in total. The van der Waals surface area contributed by atoms with Crippen molar-refractivity contribution in [3.05, 3.63) is 52.2 Å². The van der Waals surface area contributed by atoms with Crippen molar-refractivity contribution in [2.24, 2.45) is 5.92 Å². The van der Waals surface area contributed by atoms with Crippen LogP contribution in [0.5, 0.6) is 0 Å². The molecule has 27 heavy (non-hydrogen) atoms. The van der Waals surface area contributed by atoms with Gasteiger partial charge in [-0.1, -0.05) is 6.07 Å². The van der Waals surface area contributed by atoms with Crippen LogP contribution in [-0.4, -0.2) is 36.3 Å². The molecular formula is C19H21F2N3O2S. The van der Waals surface area contributed by atoms with Crippen molar-refractivity contribution < 1.29 is 18.4 Å². The minimum absolute atomic E-state index is 0.0379. The number of piperidine rings is 1. The van der Waals surface area contributed by atoms with Crippen LogP contribution < -0.4 is 10.6 Å². The summed E-state index contributed by atoms with van der Waals surface area (Å²) in [5.74, 6) is -3.44. The van der Waals surface area contributed by atoms with Crippen molar-refractivity contribution in [1.29, 1.82) is 0 Å². The SMILES string of the molecule is O=C(NCC1CCN(Cc2cccs2)CC1)C(=O)Nc1ccc(F)c(F)c1. The molecule has 144 valence electrons. The van der Waals surface area contributed by atoms with Crippen LogP contribution >= 0.6 is 11.3 Å². The summed E-state index contributed by atoms with van der Waals surface area (Å²) >= 11 is 1.75. The molecule has 1 fully saturated rings. The van der Waals surface area contributed by atoms with Gasteiger partial charge in [-0.3, -0.25) is 14.5 Å². The van der Waals surface area contributed by atoms with E-state index >= 15 is 0 Å².